The Morgan fingerprint density at radius 1 is 0.616 bits per heavy atom. The average Bonchev–Trinajstić information content (AvgIpc) is 3.97. The molecule has 0 atom stereocenters. The van der Waals surface area contributed by atoms with E-state index >= 15 is 0 Å². The van der Waals surface area contributed by atoms with Gasteiger partial charge in [-0.3, -0.25) is 14.6 Å². The number of hydrogen-bond acceptors (Lipinski definition) is 13. The molecule has 0 spiro atoms. The lowest BCUT2D eigenvalue weighted by Crippen LogP contribution is -2.38. The number of allylic oxidation sites excluding steroid dienone is 1. The third-order valence-electron chi connectivity index (χ3n) is 12.8. The predicted octanol–water partition coefficient (Wildman–Crippen LogP) is 6.28. The molecule has 2 fully saturated rings. The molecule has 18 heteroatoms. The van der Waals surface area contributed by atoms with Gasteiger partial charge in [0.05, 0.1) is 39.6 Å². The van der Waals surface area contributed by atoms with Crippen LogP contribution >= 0.6 is 0 Å². The number of ether oxygens (including phenoxy) is 4. The summed E-state index contributed by atoms with van der Waals surface area (Å²) in [5.74, 6) is -0.405. The molecule has 2 aliphatic rings. The number of benzene rings is 4. The van der Waals surface area contributed by atoms with Crippen molar-refractivity contribution in [2.45, 2.75) is 0 Å². The van der Waals surface area contributed by atoms with Crippen molar-refractivity contribution in [2.24, 2.45) is 14.1 Å². The van der Waals surface area contributed by atoms with Crippen molar-refractivity contribution in [3.63, 3.8) is 0 Å². The first-order valence-corrected chi connectivity index (χ1v) is 26.0. The summed E-state index contributed by atoms with van der Waals surface area (Å²) >= 11 is 0. The zero-order valence-corrected chi connectivity index (χ0v) is 43.0. The molecule has 0 unspecified atom stereocenters. The Morgan fingerprint density at radius 2 is 1.08 bits per heavy atom. The molecule has 2 aromatic heterocycles. The molecule has 384 valence electrons. The van der Waals surface area contributed by atoms with E-state index in [-0.39, 0.29) is 23.6 Å². The number of nitrogens with one attached hydrogen (secondary N) is 4. The first kappa shape index (κ1) is 53.9. The Balaban J connectivity index is 0.000000214. The average molecular weight is 1010 g/mol. The maximum atomic E-state index is 12.5. The van der Waals surface area contributed by atoms with Crippen molar-refractivity contribution in [3.8, 4) is 34.7 Å². The SMILES string of the molecule is COCCNC(=O)/C(C#N)=C/c1ccc(-c2ccc3cc(NCCN4CCOCC4)ccc3c2)n1C.COCCNS(=O)(=O)/C(C#N)=C/c1ccc(-c2ccc3cc(NCCN4CCOCC4)ccc3c2)n1C. The summed E-state index contributed by atoms with van der Waals surface area (Å²) in [5.41, 5.74) is 7.66. The topological polar surface area (TPSA) is 200 Å². The largest absolute Gasteiger partial charge is 0.384 e. The number of anilines is 2. The quantitative estimate of drug-likeness (QED) is 0.0357. The first-order chi connectivity index (χ1) is 35.5. The van der Waals surface area contributed by atoms with Gasteiger partial charge in [0, 0.05) is 128 Å². The minimum atomic E-state index is -3.92. The lowest BCUT2D eigenvalue weighted by molar-refractivity contribution is -0.117. The van der Waals surface area contributed by atoms with Crippen LogP contribution in [-0.4, -0.2) is 153 Å². The molecule has 6 aromatic rings. The van der Waals surface area contributed by atoms with Crippen molar-refractivity contribution in [1.29, 1.82) is 10.5 Å². The fourth-order valence-corrected chi connectivity index (χ4v) is 9.54. The number of nitrogens with zero attached hydrogens (tertiary/aromatic N) is 6. The summed E-state index contributed by atoms with van der Waals surface area (Å²) in [6.45, 7) is 12.1. The second-order valence-electron chi connectivity index (χ2n) is 17.6. The minimum Gasteiger partial charge on any atom is -0.384 e. The molecule has 8 rings (SSSR count). The van der Waals surface area contributed by atoms with Gasteiger partial charge in [-0.15, -0.1) is 0 Å². The molecule has 4 N–H and O–H groups in total. The van der Waals surface area contributed by atoms with Gasteiger partial charge >= 0.3 is 0 Å². The number of aromatic nitrogens is 2. The summed E-state index contributed by atoms with van der Waals surface area (Å²) in [6, 6.07) is 36.9. The highest BCUT2D eigenvalue weighted by atomic mass is 32.2. The first-order valence-electron chi connectivity index (χ1n) is 24.5. The van der Waals surface area contributed by atoms with Crippen LogP contribution in [0.4, 0.5) is 11.4 Å². The van der Waals surface area contributed by atoms with Gasteiger partial charge in [0.15, 0.2) is 4.91 Å². The Bertz CT molecular complexity index is 3080. The van der Waals surface area contributed by atoms with Crippen LogP contribution in [0.2, 0.25) is 0 Å². The van der Waals surface area contributed by atoms with Crippen molar-refractivity contribution in [3.05, 3.63) is 119 Å². The molecule has 2 aliphatic heterocycles. The van der Waals surface area contributed by atoms with Gasteiger partial charge in [-0.25, -0.2) is 13.1 Å². The highest BCUT2D eigenvalue weighted by Crippen LogP contribution is 2.30. The molecule has 0 aliphatic carbocycles. The van der Waals surface area contributed by atoms with Crippen LogP contribution in [0.1, 0.15) is 11.4 Å². The molecule has 2 saturated heterocycles. The maximum absolute atomic E-state index is 12.5. The lowest BCUT2D eigenvalue weighted by atomic mass is 10.0. The molecule has 4 aromatic carbocycles. The third-order valence-corrected chi connectivity index (χ3v) is 14.2. The number of fused-ring (bicyclic) bond motifs is 2. The summed E-state index contributed by atoms with van der Waals surface area (Å²) in [5, 5.41) is 33.2. The number of sulfonamides is 1. The van der Waals surface area contributed by atoms with E-state index in [2.05, 4.69) is 103 Å². The van der Waals surface area contributed by atoms with Crippen LogP contribution in [0.25, 0.3) is 56.2 Å². The second kappa shape index (κ2) is 26.7. The zero-order valence-electron chi connectivity index (χ0n) is 42.2. The van der Waals surface area contributed by atoms with Crippen molar-refractivity contribution < 1.29 is 32.2 Å². The standard InChI is InChI=1S/C28H33N5O3.C27H33N5O4S/c1-32-26(19-24(20-29)28(34)31-10-14-35-2)7-8-27(32)23-4-3-22-18-25(6-5-21(22)17-23)30-9-11-33-12-15-36-16-13-33;1-31-25(19-26(20-28)37(33,34)30-10-14-35-2)7-8-27(31)23-4-3-22-18-24(6-5-21(22)17-23)29-9-11-32-12-15-36-16-13-32/h3-8,17-19,30H,9-16H2,1-2H3,(H,31,34);3-8,17-19,29-30H,9-16H2,1-2H3/b24-19+;26-19+. The Labute approximate surface area is 428 Å². The van der Waals surface area contributed by atoms with Crippen LogP contribution in [0.15, 0.2) is 108 Å². The summed E-state index contributed by atoms with van der Waals surface area (Å²) in [6.07, 6.45) is 3.00. The van der Waals surface area contributed by atoms with Crippen molar-refractivity contribution in [1.82, 2.24) is 29.0 Å². The van der Waals surface area contributed by atoms with E-state index in [0.29, 0.717) is 18.8 Å². The molecule has 0 radical (unpaired) electrons. The van der Waals surface area contributed by atoms with Gasteiger partial charge in [0.1, 0.15) is 17.7 Å². The number of methoxy groups -OCH3 is 2. The number of rotatable bonds is 21. The van der Waals surface area contributed by atoms with Crippen LogP contribution in [0.3, 0.4) is 0 Å². The van der Waals surface area contributed by atoms with Crippen LogP contribution in [0.5, 0.6) is 0 Å². The number of amides is 1. The van der Waals surface area contributed by atoms with Crippen LogP contribution in [-0.2, 0) is 47.9 Å². The summed E-state index contributed by atoms with van der Waals surface area (Å²) in [4.78, 5) is 16.8. The van der Waals surface area contributed by atoms with E-state index in [9.17, 15) is 23.7 Å². The van der Waals surface area contributed by atoms with Gasteiger partial charge in [-0.05, 0) is 105 Å². The highest BCUT2D eigenvalue weighted by Gasteiger charge is 2.19. The number of carbonyl (C=O) groups is 1. The molecule has 0 bridgehead atoms. The normalized spacial score (nSPS) is 14.8. The monoisotopic (exact) mass is 1010 g/mol. The van der Waals surface area contributed by atoms with E-state index in [1.165, 1.54) is 18.6 Å². The molecule has 17 nitrogen and oxygen atoms in total. The van der Waals surface area contributed by atoms with Gasteiger partial charge in [0.25, 0.3) is 15.9 Å². The smallest absolute Gasteiger partial charge is 0.262 e. The fraction of sp³-hybridized carbons (Fsp3) is 0.364. The summed E-state index contributed by atoms with van der Waals surface area (Å²) in [7, 11) is 2.92. The zero-order chi connectivity index (χ0) is 51.6. The number of nitriles is 2. The van der Waals surface area contributed by atoms with Crippen molar-refractivity contribution in [2.75, 3.05) is 130 Å². The third kappa shape index (κ3) is 14.9. The molecule has 1 amide bonds. The van der Waals surface area contributed by atoms with Crippen molar-refractivity contribution >= 4 is 61.0 Å². The summed E-state index contributed by atoms with van der Waals surface area (Å²) < 4.78 is 51.8. The lowest BCUT2D eigenvalue weighted by Gasteiger charge is -2.26. The van der Waals surface area contributed by atoms with Gasteiger partial charge in [-0.1, -0.05) is 36.4 Å². The maximum Gasteiger partial charge on any atom is 0.262 e. The molecular formula is C55H66N10O7S. The number of carbonyl (C=O) groups excluding carboxylic acids is 1. The predicted molar refractivity (Wildman–Crippen MR) is 289 cm³/mol. The van der Waals surface area contributed by atoms with Gasteiger partial charge in [0.2, 0.25) is 0 Å². The van der Waals surface area contributed by atoms with Crippen LogP contribution in [0, 0.1) is 22.7 Å². The Morgan fingerprint density at radius 3 is 1.56 bits per heavy atom. The second-order valence-corrected chi connectivity index (χ2v) is 19.4. The molecule has 73 heavy (non-hydrogen) atoms. The molecule has 4 heterocycles. The number of hydrogen-bond donors (Lipinski definition) is 4. The van der Waals surface area contributed by atoms with Gasteiger partial charge in [-0.2, -0.15) is 10.5 Å². The van der Waals surface area contributed by atoms with E-state index in [4.69, 9.17) is 18.9 Å². The van der Waals surface area contributed by atoms with E-state index < -0.39 is 15.9 Å². The van der Waals surface area contributed by atoms with Gasteiger partial charge < -0.3 is 44.0 Å². The molecule has 0 saturated carbocycles. The van der Waals surface area contributed by atoms with E-state index in [0.717, 1.165) is 135 Å². The Hall–Kier alpha value is -6.84. The number of morpholine rings is 2. The van der Waals surface area contributed by atoms with Crippen LogP contribution < -0.4 is 20.7 Å². The Kier molecular flexibility index (Phi) is 19.8. The van der Waals surface area contributed by atoms with E-state index in [1.807, 2.05) is 53.6 Å². The fourth-order valence-electron chi connectivity index (χ4n) is 8.64. The van der Waals surface area contributed by atoms with E-state index in [1.54, 1.807) is 19.3 Å². The minimum absolute atomic E-state index is 0.0611. The highest BCUT2D eigenvalue weighted by molar-refractivity contribution is 7.93. The molecular weight excluding hydrogens is 945 g/mol.